The number of rotatable bonds is 17. The molecule has 0 aliphatic heterocycles. The van der Waals surface area contributed by atoms with Crippen LogP contribution in [-0.4, -0.2) is 56.5 Å². The van der Waals surface area contributed by atoms with Crippen molar-refractivity contribution in [3.8, 4) is 6.07 Å². The van der Waals surface area contributed by atoms with Crippen LogP contribution in [0.1, 0.15) is 38.9 Å². The number of carbonyl (C=O) groups is 4. The number of nitrogens with zero attached hydrogens (tertiary/aromatic N) is 1. The largest absolute Gasteiger partial charge is 0.471 e. The van der Waals surface area contributed by atoms with Gasteiger partial charge >= 0.3 is 24.2 Å². The average molecular weight is 831 g/mol. The first-order valence-corrected chi connectivity index (χ1v) is 18.9. The fourth-order valence-corrected chi connectivity index (χ4v) is 6.69. The third-order valence-electron chi connectivity index (χ3n) is 8.37. The number of halogens is 6. The minimum atomic E-state index is -5.09. The summed E-state index contributed by atoms with van der Waals surface area (Å²) in [5, 5.41) is 17.9. The predicted octanol–water partition coefficient (Wildman–Crippen LogP) is 3.99. The van der Waals surface area contributed by atoms with Gasteiger partial charge in [0.15, 0.2) is 0 Å². The van der Waals surface area contributed by atoms with E-state index in [0.29, 0.717) is 33.4 Å². The number of nitriles is 1. The molecule has 0 saturated carbocycles. The average Bonchev–Trinajstić information content (AvgIpc) is 3.18. The summed E-state index contributed by atoms with van der Waals surface area (Å²) in [6, 6.07) is 24.9. The van der Waals surface area contributed by atoms with E-state index < -0.39 is 76.9 Å². The van der Waals surface area contributed by atoms with Crippen molar-refractivity contribution < 1.29 is 53.9 Å². The Hall–Kier alpha value is -6.26. The zero-order chi connectivity index (χ0) is 42.5. The van der Waals surface area contributed by atoms with Crippen LogP contribution in [0.25, 0.3) is 0 Å². The van der Waals surface area contributed by atoms with Gasteiger partial charge in [0.2, 0.25) is 21.8 Å². The van der Waals surface area contributed by atoms with Crippen molar-refractivity contribution in [1.82, 2.24) is 26.0 Å². The second-order valence-corrected chi connectivity index (χ2v) is 14.7. The van der Waals surface area contributed by atoms with E-state index in [9.17, 15) is 53.9 Å². The number of alkyl halides is 6. The maximum Gasteiger partial charge on any atom is 0.471 e. The Morgan fingerprint density at radius 1 is 0.552 bits per heavy atom. The molecule has 19 heteroatoms. The summed E-state index contributed by atoms with van der Waals surface area (Å²) in [7, 11) is -4.22. The Kier molecular flexibility index (Phi) is 15.1. The lowest BCUT2D eigenvalue weighted by molar-refractivity contribution is -0.173. The molecule has 306 valence electrons. The van der Waals surface area contributed by atoms with E-state index in [-0.39, 0.29) is 24.9 Å². The molecule has 0 heterocycles. The molecule has 4 aromatic carbocycles. The van der Waals surface area contributed by atoms with Gasteiger partial charge in [0, 0.05) is 26.1 Å². The minimum absolute atomic E-state index is 0.0301. The van der Waals surface area contributed by atoms with E-state index in [2.05, 4.69) is 15.4 Å². The molecule has 4 amide bonds. The first-order chi connectivity index (χ1) is 27.3. The van der Waals surface area contributed by atoms with E-state index in [4.69, 9.17) is 5.26 Å². The topological polar surface area (TPSA) is 186 Å². The Bertz CT molecular complexity index is 2200. The Morgan fingerprint density at radius 2 is 0.966 bits per heavy atom. The van der Waals surface area contributed by atoms with Crippen LogP contribution in [0.15, 0.2) is 103 Å². The van der Waals surface area contributed by atoms with Gasteiger partial charge in [-0.25, -0.2) is 13.1 Å². The highest BCUT2D eigenvalue weighted by molar-refractivity contribution is 7.88. The quantitative estimate of drug-likeness (QED) is 0.0997. The van der Waals surface area contributed by atoms with Crippen molar-refractivity contribution in [3.05, 3.63) is 142 Å². The molecule has 58 heavy (non-hydrogen) atoms. The van der Waals surface area contributed by atoms with Crippen LogP contribution < -0.4 is 26.0 Å². The summed E-state index contributed by atoms with van der Waals surface area (Å²) in [6.07, 6.45) is -10.6. The number of hydrogen-bond acceptors (Lipinski definition) is 7. The van der Waals surface area contributed by atoms with Crippen molar-refractivity contribution in [2.45, 2.75) is 62.7 Å². The van der Waals surface area contributed by atoms with Crippen molar-refractivity contribution in [1.29, 1.82) is 5.26 Å². The van der Waals surface area contributed by atoms with Crippen molar-refractivity contribution in [2.75, 3.05) is 0 Å². The van der Waals surface area contributed by atoms with Gasteiger partial charge in [-0.3, -0.25) is 19.2 Å². The number of sulfonamides is 1. The molecule has 2 atom stereocenters. The molecule has 0 aromatic heterocycles. The summed E-state index contributed by atoms with van der Waals surface area (Å²) < 4.78 is 105. The van der Waals surface area contributed by atoms with Crippen LogP contribution in [0.5, 0.6) is 0 Å². The summed E-state index contributed by atoms with van der Waals surface area (Å²) in [6.45, 7) is -0.940. The zero-order valence-corrected chi connectivity index (χ0v) is 31.1. The summed E-state index contributed by atoms with van der Waals surface area (Å²) in [5.74, 6) is -6.40. The molecule has 0 radical (unpaired) electrons. The fourth-order valence-electron chi connectivity index (χ4n) is 5.35. The Morgan fingerprint density at radius 3 is 1.41 bits per heavy atom. The second-order valence-electron chi connectivity index (χ2n) is 12.9. The third-order valence-corrected chi connectivity index (χ3v) is 9.72. The molecular weight excluding hydrogens is 795 g/mol. The third kappa shape index (κ3) is 14.4. The number of carbonyl (C=O) groups excluding carboxylic acids is 4. The van der Waals surface area contributed by atoms with Crippen LogP contribution in [0.3, 0.4) is 0 Å². The maximum absolute atomic E-state index is 14.0. The van der Waals surface area contributed by atoms with Crippen molar-refractivity contribution in [2.24, 2.45) is 0 Å². The molecule has 0 aliphatic carbocycles. The number of nitrogens with one attached hydrogen (secondary N) is 5. The molecule has 4 aromatic rings. The highest BCUT2D eigenvalue weighted by atomic mass is 32.2. The smallest absolute Gasteiger partial charge is 0.350 e. The number of hydrogen-bond donors (Lipinski definition) is 5. The molecule has 12 nitrogen and oxygen atoms in total. The van der Waals surface area contributed by atoms with E-state index in [1.54, 1.807) is 53.1 Å². The first-order valence-electron chi connectivity index (χ1n) is 17.3. The standard InChI is InChI=1S/C39H36F6N6O6S/c40-38(41,42)36(54)48-22-29-12-6-25(7-13-29)18-32(34(52)47-21-28-16-10-27(20-46)11-17-28)50-35(53)33(51-58(56,57)24-31-4-2-1-3-5-31)19-26-8-14-30(15-9-26)23-49-37(55)39(43,44)45/h1-17,32-33,51H,18-19,21-24H2,(H,47,52)(H,48,54)(H,49,55)(H,50,53)/t32-,33?/m0/s1. The monoisotopic (exact) mass is 830 g/mol. The van der Waals surface area contributed by atoms with Gasteiger partial charge in [-0.15, -0.1) is 0 Å². The molecule has 1 unspecified atom stereocenters. The van der Waals surface area contributed by atoms with Gasteiger partial charge in [0.25, 0.3) is 0 Å². The Labute approximate surface area is 329 Å². The molecule has 0 bridgehead atoms. The SMILES string of the molecule is N#Cc1ccc(CNC(=O)[C@H](Cc2ccc(CNC(=O)C(F)(F)F)cc2)NC(=O)C(Cc2ccc(CNC(=O)C(F)(F)F)cc2)NS(=O)(=O)Cc2ccccc2)cc1. The van der Waals surface area contributed by atoms with Crippen LogP contribution in [-0.2, 0) is 67.4 Å². The molecule has 0 aliphatic rings. The van der Waals surface area contributed by atoms with Crippen LogP contribution in [0, 0.1) is 11.3 Å². The molecule has 0 spiro atoms. The lowest BCUT2D eigenvalue weighted by atomic mass is 10.0. The van der Waals surface area contributed by atoms with Crippen molar-refractivity contribution in [3.63, 3.8) is 0 Å². The highest BCUT2D eigenvalue weighted by Gasteiger charge is 2.39. The van der Waals surface area contributed by atoms with Gasteiger partial charge < -0.3 is 21.3 Å². The van der Waals surface area contributed by atoms with Crippen LogP contribution in [0.4, 0.5) is 26.3 Å². The highest BCUT2D eigenvalue weighted by Crippen LogP contribution is 2.17. The molecule has 0 fully saturated rings. The molecular formula is C39H36F6N6O6S. The minimum Gasteiger partial charge on any atom is -0.350 e. The predicted molar refractivity (Wildman–Crippen MR) is 197 cm³/mol. The summed E-state index contributed by atoms with van der Waals surface area (Å²) in [5.41, 5.74) is 2.76. The van der Waals surface area contributed by atoms with Gasteiger partial charge in [-0.2, -0.15) is 31.6 Å². The number of amides is 4. The van der Waals surface area contributed by atoms with Crippen molar-refractivity contribution >= 4 is 33.7 Å². The fraction of sp³-hybridized carbons (Fsp3) is 0.256. The normalized spacial score (nSPS) is 12.7. The van der Waals surface area contributed by atoms with E-state index in [1.807, 2.05) is 6.07 Å². The maximum atomic E-state index is 14.0. The first kappa shape index (κ1) is 44.5. The zero-order valence-electron chi connectivity index (χ0n) is 30.3. The lowest BCUT2D eigenvalue weighted by Crippen LogP contribution is -2.55. The molecule has 0 saturated heterocycles. The van der Waals surface area contributed by atoms with Gasteiger partial charge in [-0.1, -0.05) is 91.0 Å². The summed E-state index contributed by atoms with van der Waals surface area (Å²) >= 11 is 0. The lowest BCUT2D eigenvalue weighted by Gasteiger charge is -2.24. The van der Waals surface area contributed by atoms with Crippen LogP contribution in [0.2, 0.25) is 0 Å². The molecule has 5 N–H and O–H groups in total. The van der Waals surface area contributed by atoms with E-state index >= 15 is 0 Å². The second kappa shape index (κ2) is 19.7. The van der Waals surface area contributed by atoms with E-state index in [1.165, 1.54) is 60.7 Å². The van der Waals surface area contributed by atoms with E-state index in [0.717, 1.165) is 0 Å². The molecule has 4 rings (SSSR count). The summed E-state index contributed by atoms with van der Waals surface area (Å²) in [4.78, 5) is 50.2. The van der Waals surface area contributed by atoms with Gasteiger partial charge in [0.1, 0.15) is 12.1 Å². The van der Waals surface area contributed by atoms with Gasteiger partial charge in [-0.05, 0) is 51.9 Å². The van der Waals surface area contributed by atoms with Gasteiger partial charge in [0.05, 0.1) is 17.4 Å². The number of benzene rings is 4. The van der Waals surface area contributed by atoms with Crippen LogP contribution >= 0.6 is 0 Å². The Balaban J connectivity index is 1.57.